The molecule has 0 fully saturated rings. The fourth-order valence-electron chi connectivity index (χ4n) is 2.02. The van der Waals surface area contributed by atoms with Gasteiger partial charge in [0.1, 0.15) is 23.5 Å². The molecule has 1 aromatic carbocycles. The maximum absolute atomic E-state index is 12.9. The van der Waals surface area contributed by atoms with Gasteiger partial charge in [0.2, 0.25) is 5.89 Å². The van der Waals surface area contributed by atoms with Crippen LogP contribution in [0.1, 0.15) is 23.1 Å². The second kappa shape index (κ2) is 5.32. The van der Waals surface area contributed by atoms with Crippen LogP contribution in [-0.4, -0.2) is 20.5 Å². The van der Waals surface area contributed by atoms with Crippen LogP contribution in [0.15, 0.2) is 47.2 Å². The molecule has 3 aromatic rings. The Morgan fingerprint density at radius 3 is 2.76 bits per heavy atom. The summed E-state index contributed by atoms with van der Waals surface area (Å²) in [7, 11) is 0. The Kier molecular flexibility index (Phi) is 3.35. The number of aromatic nitrogens is 3. The maximum atomic E-state index is 12.9. The zero-order valence-electron chi connectivity index (χ0n) is 11.3. The molecule has 6 heteroatoms. The summed E-state index contributed by atoms with van der Waals surface area (Å²) in [6.45, 7) is 1.83. The van der Waals surface area contributed by atoms with Gasteiger partial charge in [0.05, 0.1) is 6.54 Å². The van der Waals surface area contributed by atoms with Crippen molar-refractivity contribution < 1.29 is 13.6 Å². The molecule has 0 aliphatic heterocycles. The van der Waals surface area contributed by atoms with Crippen LogP contribution in [0, 0.1) is 5.82 Å². The minimum absolute atomic E-state index is 0.0604. The fraction of sp³-hybridized carbons (Fsp3) is 0.133. The Morgan fingerprint density at radius 1 is 1.29 bits per heavy atom. The number of rotatable bonds is 4. The van der Waals surface area contributed by atoms with Crippen LogP contribution >= 0.6 is 0 Å². The molecule has 0 saturated heterocycles. The molecule has 2 heterocycles. The fourth-order valence-corrected chi connectivity index (χ4v) is 2.02. The molecule has 106 valence electrons. The number of halogens is 1. The summed E-state index contributed by atoms with van der Waals surface area (Å²) in [5.41, 5.74) is 1.84. The third kappa shape index (κ3) is 2.74. The van der Waals surface area contributed by atoms with Crippen molar-refractivity contribution in [1.29, 1.82) is 0 Å². The summed E-state index contributed by atoms with van der Waals surface area (Å²) in [4.78, 5) is 15.8. The highest BCUT2D eigenvalue weighted by Gasteiger charge is 2.11. The summed E-state index contributed by atoms with van der Waals surface area (Å²) in [6, 6.07) is 7.55. The largest absolute Gasteiger partial charge is 0.444 e. The number of hydrogen-bond donors (Lipinski definition) is 0. The number of Topliss-reactive ketones (excluding diaryl/α,β-unsaturated/α-hetero) is 1. The second-order valence-corrected chi connectivity index (χ2v) is 4.58. The number of carbonyl (C=O) groups is 1. The van der Waals surface area contributed by atoms with E-state index in [1.165, 1.54) is 25.3 Å². The molecular formula is C15H12FN3O2. The molecule has 0 amide bonds. The summed E-state index contributed by atoms with van der Waals surface area (Å²) < 4.78 is 19.8. The monoisotopic (exact) mass is 285 g/mol. The van der Waals surface area contributed by atoms with E-state index >= 15 is 0 Å². The molecule has 0 radical (unpaired) electrons. The number of hydrogen-bond acceptors (Lipinski definition) is 4. The number of benzene rings is 1. The van der Waals surface area contributed by atoms with E-state index in [1.807, 2.05) is 0 Å². The van der Waals surface area contributed by atoms with Gasteiger partial charge in [-0.05, 0) is 30.3 Å². The summed E-state index contributed by atoms with van der Waals surface area (Å²) in [5, 5.41) is 4.09. The molecular weight excluding hydrogens is 273 g/mol. The molecule has 0 spiro atoms. The van der Waals surface area contributed by atoms with Crippen LogP contribution in [0.5, 0.6) is 0 Å². The summed E-state index contributed by atoms with van der Waals surface area (Å²) in [6.07, 6.45) is 3.07. The highest BCUT2D eigenvalue weighted by atomic mass is 19.1. The average molecular weight is 285 g/mol. The molecule has 0 bridgehead atoms. The van der Waals surface area contributed by atoms with E-state index in [4.69, 9.17) is 4.42 Å². The molecule has 2 aromatic heterocycles. The lowest BCUT2D eigenvalue weighted by atomic mass is 10.2. The van der Waals surface area contributed by atoms with Crippen molar-refractivity contribution in [3.05, 3.63) is 60.0 Å². The minimum Gasteiger partial charge on any atom is -0.444 e. The van der Waals surface area contributed by atoms with Gasteiger partial charge in [-0.15, -0.1) is 0 Å². The predicted octanol–water partition coefficient (Wildman–Crippen LogP) is 2.93. The highest BCUT2D eigenvalue weighted by molar-refractivity contribution is 5.92. The zero-order valence-corrected chi connectivity index (χ0v) is 11.3. The van der Waals surface area contributed by atoms with E-state index < -0.39 is 0 Å². The lowest BCUT2D eigenvalue weighted by molar-refractivity contribution is 0.100. The summed E-state index contributed by atoms with van der Waals surface area (Å²) in [5.74, 6) is 0.0319. The van der Waals surface area contributed by atoms with Crippen molar-refractivity contribution in [2.75, 3.05) is 0 Å². The van der Waals surface area contributed by atoms with Crippen LogP contribution in [0.3, 0.4) is 0 Å². The third-order valence-corrected chi connectivity index (χ3v) is 3.03. The Balaban J connectivity index is 1.83. The number of oxazole rings is 1. The first kappa shape index (κ1) is 13.2. The molecule has 0 aliphatic carbocycles. The molecule has 5 nitrogen and oxygen atoms in total. The van der Waals surface area contributed by atoms with Gasteiger partial charge in [-0.3, -0.25) is 9.48 Å². The van der Waals surface area contributed by atoms with Gasteiger partial charge in [0, 0.05) is 18.7 Å². The van der Waals surface area contributed by atoms with E-state index in [0.717, 1.165) is 0 Å². The lowest BCUT2D eigenvalue weighted by Gasteiger charge is -2.01. The number of carbonyl (C=O) groups excluding carboxylic acids is 1. The Hall–Kier alpha value is -2.76. The van der Waals surface area contributed by atoms with Crippen molar-refractivity contribution in [3.63, 3.8) is 0 Å². The van der Waals surface area contributed by atoms with Gasteiger partial charge < -0.3 is 4.42 Å². The predicted molar refractivity (Wildman–Crippen MR) is 73.2 cm³/mol. The van der Waals surface area contributed by atoms with Gasteiger partial charge in [-0.25, -0.2) is 9.37 Å². The first-order valence-electron chi connectivity index (χ1n) is 6.36. The van der Waals surface area contributed by atoms with Crippen LogP contribution in [-0.2, 0) is 6.54 Å². The standard InChI is InChI=1S/C15H12FN3O2/c1-10(20)14-6-7-17-19(14)8-13-9-21-15(18-13)11-2-4-12(16)5-3-11/h2-7,9H,8H2,1H3. The number of ketones is 1. The van der Waals surface area contributed by atoms with Crippen LogP contribution in [0.25, 0.3) is 11.5 Å². The van der Waals surface area contributed by atoms with Crippen LogP contribution in [0.2, 0.25) is 0 Å². The van der Waals surface area contributed by atoms with E-state index in [2.05, 4.69) is 10.1 Å². The summed E-state index contributed by atoms with van der Waals surface area (Å²) >= 11 is 0. The molecule has 21 heavy (non-hydrogen) atoms. The Morgan fingerprint density at radius 2 is 2.05 bits per heavy atom. The molecule has 3 rings (SSSR count). The Labute approximate surface area is 120 Å². The van der Waals surface area contributed by atoms with E-state index in [-0.39, 0.29) is 11.6 Å². The van der Waals surface area contributed by atoms with Crippen LogP contribution in [0.4, 0.5) is 4.39 Å². The lowest BCUT2D eigenvalue weighted by Crippen LogP contribution is -2.09. The van der Waals surface area contributed by atoms with E-state index in [9.17, 15) is 9.18 Å². The van der Waals surface area contributed by atoms with Crippen LogP contribution < -0.4 is 0 Å². The first-order valence-corrected chi connectivity index (χ1v) is 6.36. The van der Waals surface area contributed by atoms with Crippen molar-refractivity contribution in [3.8, 4) is 11.5 Å². The van der Waals surface area contributed by atoms with Gasteiger partial charge in [-0.2, -0.15) is 5.10 Å². The molecule has 0 atom stereocenters. The second-order valence-electron chi connectivity index (χ2n) is 4.58. The zero-order chi connectivity index (χ0) is 14.8. The van der Waals surface area contributed by atoms with E-state index in [0.29, 0.717) is 29.4 Å². The maximum Gasteiger partial charge on any atom is 0.226 e. The van der Waals surface area contributed by atoms with Crippen molar-refractivity contribution in [2.45, 2.75) is 13.5 Å². The smallest absolute Gasteiger partial charge is 0.226 e. The minimum atomic E-state index is -0.312. The first-order chi connectivity index (χ1) is 10.1. The average Bonchev–Trinajstić information content (AvgIpc) is 3.09. The topological polar surface area (TPSA) is 60.9 Å². The van der Waals surface area contributed by atoms with Crippen molar-refractivity contribution in [2.24, 2.45) is 0 Å². The molecule has 0 N–H and O–H groups in total. The highest BCUT2D eigenvalue weighted by Crippen LogP contribution is 2.19. The van der Waals surface area contributed by atoms with Gasteiger partial charge in [-0.1, -0.05) is 0 Å². The van der Waals surface area contributed by atoms with Crippen molar-refractivity contribution >= 4 is 5.78 Å². The molecule has 0 unspecified atom stereocenters. The number of nitrogens with zero attached hydrogens (tertiary/aromatic N) is 3. The normalized spacial score (nSPS) is 10.8. The quantitative estimate of drug-likeness (QED) is 0.691. The van der Waals surface area contributed by atoms with E-state index in [1.54, 1.807) is 29.1 Å². The van der Waals surface area contributed by atoms with Gasteiger partial charge >= 0.3 is 0 Å². The molecule has 0 aliphatic rings. The Bertz CT molecular complexity index is 774. The SMILES string of the molecule is CC(=O)c1ccnn1Cc1coc(-c2ccc(F)cc2)n1. The van der Waals surface area contributed by atoms with Gasteiger partial charge in [0.15, 0.2) is 5.78 Å². The van der Waals surface area contributed by atoms with Crippen molar-refractivity contribution in [1.82, 2.24) is 14.8 Å². The third-order valence-electron chi connectivity index (χ3n) is 3.03. The van der Waals surface area contributed by atoms with Gasteiger partial charge in [0.25, 0.3) is 0 Å². The molecule has 0 saturated carbocycles.